The normalized spacial score (nSPS) is 14.7. The molecule has 0 fully saturated rings. The predicted octanol–water partition coefficient (Wildman–Crippen LogP) is 5.61. The lowest BCUT2D eigenvalue weighted by molar-refractivity contribution is -0.115. The number of carbonyl (C=O) groups is 1. The van der Waals surface area contributed by atoms with E-state index in [1.165, 1.54) is 46.0 Å². The number of thioether (sulfide) groups is 1. The summed E-state index contributed by atoms with van der Waals surface area (Å²) in [4.78, 5) is 24.4. The second-order valence-corrected chi connectivity index (χ2v) is 10.0. The number of hydrogen-bond acceptors (Lipinski definition) is 5. The number of nitrogens with zero attached hydrogens (tertiary/aromatic N) is 2. The van der Waals surface area contributed by atoms with Crippen LogP contribution < -0.4 is 5.32 Å². The molecule has 1 aliphatic rings. The zero-order valence-corrected chi connectivity index (χ0v) is 18.4. The first-order valence-electron chi connectivity index (χ1n) is 9.74. The Kier molecular flexibility index (Phi) is 5.43. The monoisotopic (exact) mass is 411 g/mol. The van der Waals surface area contributed by atoms with Gasteiger partial charge in [-0.3, -0.25) is 4.79 Å². The van der Waals surface area contributed by atoms with Crippen molar-refractivity contribution in [3.05, 3.63) is 45.6 Å². The Morgan fingerprint density at radius 2 is 1.86 bits per heavy atom. The predicted molar refractivity (Wildman–Crippen MR) is 119 cm³/mol. The van der Waals surface area contributed by atoms with Crippen molar-refractivity contribution in [2.45, 2.75) is 63.7 Å². The second kappa shape index (κ2) is 7.84. The third-order valence-corrected chi connectivity index (χ3v) is 7.60. The maximum absolute atomic E-state index is 12.9. The Balaban J connectivity index is 1.58. The van der Waals surface area contributed by atoms with Gasteiger partial charge in [-0.15, -0.1) is 11.3 Å². The summed E-state index contributed by atoms with van der Waals surface area (Å²) >= 11 is 3.33. The highest BCUT2D eigenvalue weighted by molar-refractivity contribution is 8.00. The second-order valence-electron chi connectivity index (χ2n) is 7.59. The van der Waals surface area contributed by atoms with Crippen molar-refractivity contribution in [2.75, 3.05) is 5.32 Å². The molecule has 1 aliphatic carbocycles. The summed E-state index contributed by atoms with van der Waals surface area (Å²) in [5, 5.41) is 5.00. The Labute approximate surface area is 174 Å². The average molecular weight is 412 g/mol. The fourth-order valence-electron chi connectivity index (χ4n) is 3.97. The molecule has 2 heterocycles. The van der Waals surface area contributed by atoms with Gasteiger partial charge in [-0.2, -0.15) is 0 Å². The first-order valence-corrected chi connectivity index (χ1v) is 11.4. The van der Waals surface area contributed by atoms with E-state index in [2.05, 4.69) is 34.3 Å². The minimum absolute atomic E-state index is 0.0101. The van der Waals surface area contributed by atoms with Gasteiger partial charge in [0.1, 0.15) is 16.2 Å². The van der Waals surface area contributed by atoms with E-state index in [9.17, 15) is 4.79 Å². The standard InChI is InChI=1S/C22H25N3OS2/c1-12-9-13(2)19(14(3)10-12)25-20(26)15(4)27-21-18-16-7-5-6-8-17(16)28-22(18)24-11-23-21/h9-11,15H,5-8H2,1-4H3,(H,25,26)/t15-/m0/s1. The van der Waals surface area contributed by atoms with Gasteiger partial charge in [0, 0.05) is 16.0 Å². The van der Waals surface area contributed by atoms with Gasteiger partial charge in [0.05, 0.1) is 5.25 Å². The van der Waals surface area contributed by atoms with E-state index >= 15 is 0 Å². The number of amides is 1. The van der Waals surface area contributed by atoms with Crippen molar-refractivity contribution in [1.82, 2.24) is 9.97 Å². The van der Waals surface area contributed by atoms with E-state index in [0.717, 1.165) is 39.5 Å². The topological polar surface area (TPSA) is 54.9 Å². The highest BCUT2D eigenvalue weighted by atomic mass is 32.2. The van der Waals surface area contributed by atoms with Crippen molar-refractivity contribution >= 4 is 44.9 Å². The molecule has 2 aromatic heterocycles. The molecule has 3 aromatic rings. The van der Waals surface area contributed by atoms with Crippen molar-refractivity contribution in [2.24, 2.45) is 0 Å². The summed E-state index contributed by atoms with van der Waals surface area (Å²) in [6, 6.07) is 4.21. The van der Waals surface area contributed by atoms with Crippen LogP contribution >= 0.6 is 23.1 Å². The van der Waals surface area contributed by atoms with Gasteiger partial charge >= 0.3 is 0 Å². The molecule has 1 atom stereocenters. The Morgan fingerprint density at radius 3 is 2.61 bits per heavy atom. The van der Waals surface area contributed by atoms with E-state index in [4.69, 9.17) is 0 Å². The Bertz CT molecular complexity index is 1030. The van der Waals surface area contributed by atoms with Crippen LogP contribution in [0.25, 0.3) is 10.2 Å². The van der Waals surface area contributed by atoms with Gasteiger partial charge in [0.15, 0.2) is 0 Å². The summed E-state index contributed by atoms with van der Waals surface area (Å²) < 4.78 is 0. The van der Waals surface area contributed by atoms with E-state index in [-0.39, 0.29) is 11.2 Å². The molecular weight excluding hydrogens is 386 g/mol. The van der Waals surface area contributed by atoms with Gasteiger partial charge in [-0.1, -0.05) is 29.5 Å². The van der Waals surface area contributed by atoms with E-state index in [1.807, 2.05) is 20.8 Å². The molecule has 28 heavy (non-hydrogen) atoms. The minimum Gasteiger partial charge on any atom is -0.325 e. The highest BCUT2D eigenvalue weighted by Crippen LogP contribution is 2.40. The van der Waals surface area contributed by atoms with Crippen LogP contribution in [0.5, 0.6) is 0 Å². The van der Waals surface area contributed by atoms with Gasteiger partial charge in [-0.25, -0.2) is 9.97 Å². The third-order valence-electron chi connectivity index (χ3n) is 5.30. The van der Waals surface area contributed by atoms with Crippen molar-refractivity contribution in [3.8, 4) is 0 Å². The molecule has 146 valence electrons. The molecule has 4 nitrogen and oxygen atoms in total. The maximum atomic E-state index is 12.9. The van der Waals surface area contributed by atoms with Crippen LogP contribution in [0.1, 0.15) is 46.9 Å². The van der Waals surface area contributed by atoms with Crippen molar-refractivity contribution in [3.63, 3.8) is 0 Å². The first-order chi connectivity index (χ1) is 13.4. The average Bonchev–Trinajstić information content (AvgIpc) is 3.04. The number of benzene rings is 1. The number of nitrogens with one attached hydrogen (secondary N) is 1. The molecule has 0 bridgehead atoms. The molecule has 0 saturated carbocycles. The van der Waals surface area contributed by atoms with Crippen molar-refractivity contribution in [1.29, 1.82) is 0 Å². The number of fused-ring (bicyclic) bond motifs is 3. The number of aromatic nitrogens is 2. The molecule has 0 unspecified atom stereocenters. The molecule has 1 aromatic carbocycles. The van der Waals surface area contributed by atoms with Crippen LogP contribution in [-0.4, -0.2) is 21.1 Å². The van der Waals surface area contributed by atoms with E-state index < -0.39 is 0 Å². The smallest absolute Gasteiger partial charge is 0.237 e. The number of anilines is 1. The van der Waals surface area contributed by atoms with Gasteiger partial charge in [0.2, 0.25) is 5.91 Å². The zero-order chi connectivity index (χ0) is 19.8. The van der Waals surface area contributed by atoms with Gasteiger partial charge in [0.25, 0.3) is 0 Å². The molecule has 6 heteroatoms. The zero-order valence-electron chi connectivity index (χ0n) is 16.8. The Hall–Kier alpha value is -1.92. The number of rotatable bonds is 4. The Morgan fingerprint density at radius 1 is 1.14 bits per heavy atom. The molecular formula is C22H25N3OS2. The molecule has 1 amide bonds. The van der Waals surface area contributed by atoms with Gasteiger partial charge < -0.3 is 5.32 Å². The lowest BCUT2D eigenvalue weighted by Gasteiger charge is -2.16. The first kappa shape index (κ1) is 19.4. The lowest BCUT2D eigenvalue weighted by atomic mass is 9.97. The SMILES string of the molecule is Cc1cc(C)c(NC(=O)[C@H](C)Sc2ncnc3sc4c(c23)CCCC4)c(C)c1. The minimum atomic E-state index is -0.239. The summed E-state index contributed by atoms with van der Waals surface area (Å²) in [6.07, 6.45) is 6.34. The van der Waals surface area contributed by atoms with Gasteiger partial charge in [-0.05, 0) is 70.1 Å². The summed E-state index contributed by atoms with van der Waals surface area (Å²) in [7, 11) is 0. The van der Waals surface area contributed by atoms with Crippen LogP contribution in [0.15, 0.2) is 23.5 Å². The number of carbonyl (C=O) groups excluding carboxylic acids is 1. The van der Waals surface area contributed by atoms with Crippen LogP contribution in [0.4, 0.5) is 5.69 Å². The molecule has 0 radical (unpaired) electrons. The maximum Gasteiger partial charge on any atom is 0.237 e. The summed E-state index contributed by atoms with van der Waals surface area (Å²) in [5.74, 6) is 0.0101. The van der Waals surface area contributed by atoms with Crippen LogP contribution in [0.2, 0.25) is 0 Å². The van der Waals surface area contributed by atoms with Crippen molar-refractivity contribution < 1.29 is 4.79 Å². The number of aryl methyl sites for hydroxylation is 5. The van der Waals surface area contributed by atoms with E-state index in [0.29, 0.717) is 0 Å². The number of thiophene rings is 1. The molecule has 1 N–H and O–H groups in total. The van der Waals surface area contributed by atoms with E-state index in [1.54, 1.807) is 17.7 Å². The van der Waals surface area contributed by atoms with Crippen LogP contribution in [0, 0.1) is 20.8 Å². The largest absolute Gasteiger partial charge is 0.325 e. The number of hydrogen-bond donors (Lipinski definition) is 1. The molecule has 0 aliphatic heterocycles. The van der Waals surface area contributed by atoms with Crippen LogP contribution in [0.3, 0.4) is 0 Å². The lowest BCUT2D eigenvalue weighted by Crippen LogP contribution is -2.23. The quantitative estimate of drug-likeness (QED) is 0.447. The van der Waals surface area contributed by atoms with Crippen LogP contribution in [-0.2, 0) is 17.6 Å². The summed E-state index contributed by atoms with van der Waals surface area (Å²) in [6.45, 7) is 8.11. The highest BCUT2D eigenvalue weighted by Gasteiger charge is 2.23. The molecule has 0 saturated heterocycles. The third kappa shape index (κ3) is 3.67. The molecule has 4 rings (SSSR count). The molecule has 0 spiro atoms. The summed E-state index contributed by atoms with van der Waals surface area (Å²) in [5.41, 5.74) is 5.73. The fourth-order valence-corrected chi connectivity index (χ4v) is 6.21. The fraction of sp³-hybridized carbons (Fsp3) is 0.409.